The number of hydrogen-bond acceptors (Lipinski definition) is 4. The van der Waals surface area contributed by atoms with Crippen molar-refractivity contribution in [2.75, 3.05) is 0 Å². The van der Waals surface area contributed by atoms with E-state index in [-0.39, 0.29) is 23.6 Å². The van der Waals surface area contributed by atoms with Gasteiger partial charge in [-0.15, -0.1) is 0 Å². The van der Waals surface area contributed by atoms with Gasteiger partial charge in [0.25, 0.3) is 5.56 Å². The molecule has 0 aliphatic rings. The summed E-state index contributed by atoms with van der Waals surface area (Å²) in [5, 5.41) is 9.95. The Morgan fingerprint density at radius 3 is 2.95 bits per heavy atom. The minimum absolute atomic E-state index is 0.0747. The average molecular weight is 290 g/mol. The zero-order valence-corrected chi connectivity index (χ0v) is 11.6. The first-order valence-electron chi connectivity index (χ1n) is 6.18. The molecule has 1 heterocycles. The van der Waals surface area contributed by atoms with Crippen LogP contribution >= 0.6 is 11.6 Å². The number of aromatic nitrogens is 2. The monoisotopic (exact) mass is 289 g/mol. The van der Waals surface area contributed by atoms with E-state index >= 15 is 0 Å². The molecule has 0 bridgehead atoms. The van der Waals surface area contributed by atoms with E-state index in [1.807, 2.05) is 13.0 Å². The molecular weight excluding hydrogens is 278 g/mol. The number of nitrogens with zero attached hydrogens (tertiary/aromatic N) is 2. The first-order chi connectivity index (χ1) is 9.56. The van der Waals surface area contributed by atoms with Crippen molar-refractivity contribution in [1.29, 1.82) is 5.26 Å². The number of carbonyl (C=O) groups is 1. The summed E-state index contributed by atoms with van der Waals surface area (Å²) in [5.41, 5.74) is -0.00739. The van der Waals surface area contributed by atoms with E-state index in [0.717, 1.165) is 0 Å². The third-order valence-electron chi connectivity index (χ3n) is 2.91. The first-order valence-corrected chi connectivity index (χ1v) is 6.56. The summed E-state index contributed by atoms with van der Waals surface area (Å²) in [6.45, 7) is 1.85. The highest BCUT2D eigenvalue weighted by atomic mass is 35.5. The van der Waals surface area contributed by atoms with Crippen LogP contribution in [-0.4, -0.2) is 15.8 Å². The van der Waals surface area contributed by atoms with Gasteiger partial charge >= 0.3 is 0 Å². The molecule has 20 heavy (non-hydrogen) atoms. The predicted octanol–water partition coefficient (Wildman–Crippen LogP) is 2.55. The highest BCUT2D eigenvalue weighted by Crippen LogP contribution is 2.18. The minimum atomic E-state index is -1.05. The lowest BCUT2D eigenvalue weighted by atomic mass is 10.0. The van der Waals surface area contributed by atoms with E-state index in [4.69, 9.17) is 16.9 Å². The fourth-order valence-electron chi connectivity index (χ4n) is 1.94. The highest BCUT2D eigenvalue weighted by Gasteiger charge is 2.22. The van der Waals surface area contributed by atoms with Gasteiger partial charge in [0, 0.05) is 11.4 Å². The smallest absolute Gasteiger partial charge is 0.258 e. The SMILES string of the molecule is CCCC(=O)[C@@H](C#N)c1nc2cc(Cl)ccc2c(=O)[nH]1. The molecule has 0 amide bonds. The molecule has 0 unspecified atom stereocenters. The summed E-state index contributed by atoms with van der Waals surface area (Å²) in [6, 6.07) is 6.58. The van der Waals surface area contributed by atoms with Crippen LogP contribution < -0.4 is 5.56 Å². The largest absolute Gasteiger partial charge is 0.308 e. The van der Waals surface area contributed by atoms with E-state index < -0.39 is 5.92 Å². The molecule has 1 aromatic heterocycles. The van der Waals surface area contributed by atoms with Gasteiger partial charge in [0.05, 0.1) is 17.0 Å². The van der Waals surface area contributed by atoms with Crippen LogP contribution in [0.5, 0.6) is 0 Å². The Morgan fingerprint density at radius 2 is 2.30 bits per heavy atom. The average Bonchev–Trinajstić information content (AvgIpc) is 2.39. The maximum absolute atomic E-state index is 12.0. The zero-order chi connectivity index (χ0) is 14.7. The molecule has 0 aliphatic heterocycles. The van der Waals surface area contributed by atoms with Crippen LogP contribution in [0.4, 0.5) is 0 Å². The third kappa shape index (κ3) is 2.70. The number of ketones is 1. The molecule has 0 saturated heterocycles. The number of H-pyrrole nitrogens is 1. The Labute approximate surface area is 120 Å². The molecule has 0 aliphatic carbocycles. The van der Waals surface area contributed by atoms with Gasteiger partial charge in [0.1, 0.15) is 5.82 Å². The molecule has 0 spiro atoms. The van der Waals surface area contributed by atoms with Gasteiger partial charge in [-0.25, -0.2) is 4.98 Å². The molecule has 1 atom stereocenters. The Hall–Kier alpha value is -2.19. The lowest BCUT2D eigenvalue weighted by Gasteiger charge is -2.08. The number of halogens is 1. The van der Waals surface area contributed by atoms with Crippen molar-refractivity contribution in [3.8, 4) is 6.07 Å². The lowest BCUT2D eigenvalue weighted by molar-refractivity contribution is -0.119. The lowest BCUT2D eigenvalue weighted by Crippen LogP contribution is -2.19. The van der Waals surface area contributed by atoms with Crippen molar-refractivity contribution in [3.05, 3.63) is 39.4 Å². The van der Waals surface area contributed by atoms with Gasteiger partial charge in [-0.05, 0) is 24.6 Å². The van der Waals surface area contributed by atoms with Crippen molar-refractivity contribution in [2.24, 2.45) is 0 Å². The van der Waals surface area contributed by atoms with Gasteiger partial charge in [0.2, 0.25) is 0 Å². The maximum atomic E-state index is 12.0. The van der Waals surface area contributed by atoms with E-state index in [1.54, 1.807) is 12.1 Å². The van der Waals surface area contributed by atoms with E-state index in [9.17, 15) is 9.59 Å². The summed E-state index contributed by atoms with van der Waals surface area (Å²) >= 11 is 5.86. The number of carbonyl (C=O) groups excluding carboxylic acids is 1. The van der Waals surface area contributed by atoms with Crippen molar-refractivity contribution in [3.63, 3.8) is 0 Å². The molecule has 0 fully saturated rings. The molecule has 0 radical (unpaired) electrons. The molecule has 5 nitrogen and oxygen atoms in total. The summed E-state index contributed by atoms with van der Waals surface area (Å²) in [4.78, 5) is 30.5. The summed E-state index contributed by atoms with van der Waals surface area (Å²) in [6.07, 6.45) is 0.913. The van der Waals surface area contributed by atoms with Gasteiger partial charge in [-0.1, -0.05) is 18.5 Å². The van der Waals surface area contributed by atoms with Crippen molar-refractivity contribution in [2.45, 2.75) is 25.7 Å². The van der Waals surface area contributed by atoms with Crippen molar-refractivity contribution in [1.82, 2.24) is 9.97 Å². The molecule has 102 valence electrons. The van der Waals surface area contributed by atoms with Crippen LogP contribution in [0.3, 0.4) is 0 Å². The molecule has 2 rings (SSSR count). The number of nitriles is 1. The molecule has 2 aromatic rings. The quantitative estimate of drug-likeness (QED) is 0.937. The summed E-state index contributed by atoms with van der Waals surface area (Å²) in [7, 11) is 0. The number of aromatic amines is 1. The summed E-state index contributed by atoms with van der Waals surface area (Å²) in [5.74, 6) is -1.23. The van der Waals surface area contributed by atoms with Gasteiger partial charge in [0.15, 0.2) is 11.7 Å². The molecule has 1 aromatic carbocycles. The second kappa shape index (κ2) is 5.85. The Morgan fingerprint density at radius 1 is 1.55 bits per heavy atom. The number of hydrogen-bond donors (Lipinski definition) is 1. The van der Waals surface area contributed by atoms with Crippen LogP contribution in [0, 0.1) is 11.3 Å². The predicted molar refractivity (Wildman–Crippen MR) is 75.6 cm³/mol. The van der Waals surface area contributed by atoms with E-state index in [2.05, 4.69) is 9.97 Å². The Kier molecular flexibility index (Phi) is 4.16. The highest BCUT2D eigenvalue weighted by molar-refractivity contribution is 6.31. The Balaban J connectivity index is 2.57. The van der Waals surface area contributed by atoms with Crippen LogP contribution in [0.15, 0.2) is 23.0 Å². The molecule has 0 saturated carbocycles. The number of nitrogens with one attached hydrogen (secondary N) is 1. The van der Waals surface area contributed by atoms with Crippen LogP contribution in [0.1, 0.15) is 31.5 Å². The molecule has 6 heteroatoms. The summed E-state index contributed by atoms with van der Waals surface area (Å²) < 4.78 is 0. The second-order valence-corrected chi connectivity index (χ2v) is 4.83. The van der Waals surface area contributed by atoms with Gasteiger partial charge in [-0.2, -0.15) is 5.26 Å². The topological polar surface area (TPSA) is 86.6 Å². The third-order valence-corrected chi connectivity index (χ3v) is 3.14. The Bertz CT molecular complexity index is 761. The van der Waals surface area contributed by atoms with E-state index in [0.29, 0.717) is 22.3 Å². The van der Waals surface area contributed by atoms with Gasteiger partial charge in [-0.3, -0.25) is 9.59 Å². The van der Waals surface area contributed by atoms with Gasteiger partial charge < -0.3 is 4.98 Å². The maximum Gasteiger partial charge on any atom is 0.258 e. The fraction of sp³-hybridized carbons (Fsp3) is 0.286. The fourth-order valence-corrected chi connectivity index (χ4v) is 2.11. The second-order valence-electron chi connectivity index (χ2n) is 4.39. The first kappa shape index (κ1) is 14.2. The molecular formula is C14H12ClN3O2. The van der Waals surface area contributed by atoms with Crippen molar-refractivity contribution < 1.29 is 4.79 Å². The van der Waals surface area contributed by atoms with Crippen LogP contribution in [0.2, 0.25) is 5.02 Å². The normalized spacial score (nSPS) is 12.1. The standard InChI is InChI=1S/C14H12ClN3O2/c1-2-3-12(19)10(7-16)13-17-11-6-8(15)4-5-9(11)14(20)18-13/h4-6,10H,2-3H2,1H3,(H,17,18,20)/t10-/m1/s1. The van der Waals surface area contributed by atoms with Crippen LogP contribution in [-0.2, 0) is 4.79 Å². The minimum Gasteiger partial charge on any atom is -0.308 e. The number of rotatable bonds is 4. The van der Waals surface area contributed by atoms with Crippen LogP contribution in [0.25, 0.3) is 10.9 Å². The number of fused-ring (bicyclic) bond motifs is 1. The molecule has 1 N–H and O–H groups in total. The number of Topliss-reactive ketones (excluding diaryl/α,β-unsaturated/α-hetero) is 1. The van der Waals surface area contributed by atoms with E-state index in [1.165, 1.54) is 6.07 Å². The zero-order valence-electron chi connectivity index (χ0n) is 10.8. The number of benzene rings is 1. The van der Waals surface area contributed by atoms with Crippen molar-refractivity contribution >= 4 is 28.3 Å².